The number of piperidine rings is 1. The number of aromatic amines is 1. The Hall–Kier alpha value is -2.90. The van der Waals surface area contributed by atoms with Crippen LogP contribution in [0.3, 0.4) is 0 Å². The zero-order valence-corrected chi connectivity index (χ0v) is 15.4. The van der Waals surface area contributed by atoms with Crippen molar-refractivity contribution in [3.05, 3.63) is 51.9 Å². The van der Waals surface area contributed by atoms with E-state index in [9.17, 15) is 9.59 Å². The topological polar surface area (TPSA) is 96.5 Å². The Labute approximate surface area is 156 Å². The molecule has 0 radical (unpaired) electrons. The average molecular weight is 369 g/mol. The highest BCUT2D eigenvalue weighted by molar-refractivity contribution is 5.77. The second kappa shape index (κ2) is 7.38. The van der Waals surface area contributed by atoms with E-state index < -0.39 is 0 Å². The minimum absolute atomic E-state index is 0.0628. The van der Waals surface area contributed by atoms with Crippen molar-refractivity contribution >= 4 is 11.6 Å². The van der Waals surface area contributed by atoms with Crippen LogP contribution in [0.25, 0.3) is 5.65 Å². The Balaban J connectivity index is 1.58. The molecule has 3 aromatic rings. The Morgan fingerprint density at radius 3 is 3.04 bits per heavy atom. The van der Waals surface area contributed by atoms with E-state index in [1.165, 1.54) is 4.52 Å². The molecule has 1 aliphatic rings. The van der Waals surface area contributed by atoms with Gasteiger partial charge in [0.05, 0.1) is 17.9 Å². The molecule has 1 fully saturated rings. The van der Waals surface area contributed by atoms with Crippen LogP contribution < -0.4 is 5.56 Å². The lowest BCUT2D eigenvalue weighted by atomic mass is 9.98. The van der Waals surface area contributed by atoms with E-state index in [0.717, 1.165) is 37.2 Å². The number of nitrogens with one attached hydrogen (secondary N) is 1. The van der Waals surface area contributed by atoms with Gasteiger partial charge in [0.2, 0.25) is 5.91 Å². The van der Waals surface area contributed by atoms with Gasteiger partial charge in [0.1, 0.15) is 5.76 Å². The summed E-state index contributed by atoms with van der Waals surface area (Å²) >= 11 is 0. The van der Waals surface area contributed by atoms with E-state index in [1.807, 2.05) is 17.9 Å². The summed E-state index contributed by atoms with van der Waals surface area (Å²) in [5, 5.41) is 6.84. The second-order valence-corrected chi connectivity index (χ2v) is 6.92. The van der Waals surface area contributed by atoms with Crippen LogP contribution >= 0.6 is 0 Å². The third-order valence-electron chi connectivity index (χ3n) is 5.14. The van der Waals surface area contributed by atoms with Crippen molar-refractivity contribution in [3.63, 3.8) is 0 Å². The van der Waals surface area contributed by atoms with Crippen LogP contribution in [0.2, 0.25) is 0 Å². The summed E-state index contributed by atoms with van der Waals surface area (Å²) in [5.74, 6) is 0.801. The first-order valence-corrected chi connectivity index (χ1v) is 9.46. The van der Waals surface area contributed by atoms with Crippen LogP contribution in [0.4, 0.5) is 0 Å². The van der Waals surface area contributed by atoms with Gasteiger partial charge in [-0.25, -0.2) is 9.50 Å². The Kier molecular flexibility index (Phi) is 4.79. The molecule has 1 aliphatic heterocycles. The summed E-state index contributed by atoms with van der Waals surface area (Å²) in [7, 11) is 0. The molecule has 0 aliphatic carbocycles. The van der Waals surface area contributed by atoms with Gasteiger partial charge in [0, 0.05) is 43.3 Å². The van der Waals surface area contributed by atoms with E-state index in [4.69, 9.17) is 4.52 Å². The van der Waals surface area contributed by atoms with Crippen LogP contribution in [-0.4, -0.2) is 37.1 Å². The van der Waals surface area contributed by atoms with Crippen molar-refractivity contribution in [2.45, 2.75) is 51.5 Å². The predicted molar refractivity (Wildman–Crippen MR) is 98.3 cm³/mol. The average Bonchev–Trinajstić information content (AvgIpc) is 3.35. The third kappa shape index (κ3) is 3.51. The van der Waals surface area contributed by atoms with Gasteiger partial charge >= 0.3 is 0 Å². The lowest BCUT2D eigenvalue weighted by Crippen LogP contribution is -2.38. The first kappa shape index (κ1) is 17.5. The highest BCUT2D eigenvalue weighted by Crippen LogP contribution is 2.31. The molecule has 8 nitrogen and oxygen atoms in total. The number of aromatic nitrogens is 4. The second-order valence-electron chi connectivity index (χ2n) is 6.92. The minimum Gasteiger partial charge on any atom is -0.361 e. The number of nitrogens with zero attached hydrogens (tertiary/aromatic N) is 4. The Morgan fingerprint density at radius 2 is 2.26 bits per heavy atom. The summed E-state index contributed by atoms with van der Waals surface area (Å²) in [6.45, 7) is 2.69. The molecule has 0 aromatic carbocycles. The summed E-state index contributed by atoms with van der Waals surface area (Å²) in [4.78, 5) is 31.6. The van der Waals surface area contributed by atoms with Gasteiger partial charge in [-0.05, 0) is 25.7 Å². The molecule has 8 heteroatoms. The first-order chi connectivity index (χ1) is 13.2. The summed E-state index contributed by atoms with van der Waals surface area (Å²) in [6.07, 6.45) is 6.12. The molecule has 0 saturated carbocycles. The van der Waals surface area contributed by atoms with E-state index in [1.54, 1.807) is 18.3 Å². The fraction of sp³-hybridized carbons (Fsp3) is 0.474. The predicted octanol–water partition coefficient (Wildman–Crippen LogP) is 2.26. The van der Waals surface area contributed by atoms with E-state index in [2.05, 4.69) is 15.2 Å². The maximum absolute atomic E-state index is 12.8. The fourth-order valence-electron chi connectivity index (χ4n) is 3.71. The Bertz CT molecular complexity index is 989. The highest BCUT2D eigenvalue weighted by atomic mass is 16.5. The number of hydrogen-bond acceptors (Lipinski definition) is 5. The SMILES string of the molecule is CCc1cc(=O)n2[nH]c([C@H]3CCCCN3C(=O)CCc3ccno3)cc2n1. The minimum atomic E-state index is -0.123. The van der Waals surface area contributed by atoms with Crippen molar-refractivity contribution in [1.29, 1.82) is 0 Å². The third-order valence-corrected chi connectivity index (χ3v) is 5.14. The van der Waals surface area contributed by atoms with Crippen molar-refractivity contribution < 1.29 is 9.32 Å². The van der Waals surface area contributed by atoms with Crippen LogP contribution in [0.5, 0.6) is 0 Å². The van der Waals surface area contributed by atoms with Gasteiger partial charge < -0.3 is 9.42 Å². The number of hydrogen-bond donors (Lipinski definition) is 1. The van der Waals surface area contributed by atoms with Crippen molar-refractivity contribution in [1.82, 2.24) is 24.7 Å². The molecule has 3 aromatic heterocycles. The van der Waals surface area contributed by atoms with Gasteiger partial charge in [-0.15, -0.1) is 0 Å². The van der Waals surface area contributed by atoms with Gasteiger partial charge in [-0.1, -0.05) is 12.1 Å². The molecular weight excluding hydrogens is 346 g/mol. The van der Waals surface area contributed by atoms with E-state index in [-0.39, 0.29) is 17.5 Å². The number of fused-ring (bicyclic) bond motifs is 1. The molecular formula is C19H23N5O3. The number of H-pyrrole nitrogens is 1. The quantitative estimate of drug-likeness (QED) is 0.744. The van der Waals surface area contributed by atoms with Gasteiger partial charge in [0.25, 0.3) is 5.56 Å². The van der Waals surface area contributed by atoms with Crippen LogP contribution in [0.1, 0.15) is 55.8 Å². The van der Waals surface area contributed by atoms with Crippen molar-refractivity contribution in [3.8, 4) is 0 Å². The number of rotatable bonds is 5. The van der Waals surface area contributed by atoms with E-state index >= 15 is 0 Å². The lowest BCUT2D eigenvalue weighted by molar-refractivity contribution is -0.135. The monoisotopic (exact) mass is 369 g/mol. The normalized spacial score (nSPS) is 17.5. The van der Waals surface area contributed by atoms with Gasteiger partial charge in [-0.3, -0.25) is 14.7 Å². The Morgan fingerprint density at radius 1 is 1.37 bits per heavy atom. The smallest absolute Gasteiger partial charge is 0.272 e. The molecule has 4 rings (SSSR count). The molecule has 1 N–H and O–H groups in total. The standard InChI is InChI=1S/C19H23N5O3/c1-2-13-11-19(26)24-17(21-13)12-15(22-24)16-5-3-4-10-23(16)18(25)7-6-14-8-9-20-27-14/h8-9,11-12,16,22H,2-7,10H2,1H3/t16-/m1/s1. The summed E-state index contributed by atoms with van der Waals surface area (Å²) < 4.78 is 6.54. The molecule has 0 unspecified atom stereocenters. The molecule has 0 bridgehead atoms. The van der Waals surface area contributed by atoms with Crippen LogP contribution in [0, 0.1) is 0 Å². The fourth-order valence-corrected chi connectivity index (χ4v) is 3.71. The molecule has 1 atom stereocenters. The lowest BCUT2D eigenvalue weighted by Gasteiger charge is -2.35. The number of amides is 1. The molecule has 0 spiro atoms. The zero-order valence-electron chi connectivity index (χ0n) is 15.4. The summed E-state index contributed by atoms with van der Waals surface area (Å²) in [6, 6.07) is 5.16. The van der Waals surface area contributed by atoms with Gasteiger partial charge in [-0.2, -0.15) is 0 Å². The maximum Gasteiger partial charge on any atom is 0.272 e. The number of carbonyl (C=O) groups is 1. The molecule has 27 heavy (non-hydrogen) atoms. The van der Waals surface area contributed by atoms with Crippen LogP contribution in [-0.2, 0) is 17.6 Å². The molecule has 4 heterocycles. The number of likely N-dealkylation sites (tertiary alicyclic amines) is 1. The van der Waals surface area contributed by atoms with E-state index in [0.29, 0.717) is 30.7 Å². The maximum atomic E-state index is 12.8. The van der Waals surface area contributed by atoms with Crippen molar-refractivity contribution in [2.24, 2.45) is 0 Å². The largest absolute Gasteiger partial charge is 0.361 e. The van der Waals surface area contributed by atoms with Crippen LogP contribution in [0.15, 0.2) is 33.7 Å². The molecule has 142 valence electrons. The molecule has 1 amide bonds. The molecule has 1 saturated heterocycles. The highest BCUT2D eigenvalue weighted by Gasteiger charge is 2.29. The number of carbonyl (C=O) groups excluding carboxylic acids is 1. The summed E-state index contributed by atoms with van der Waals surface area (Å²) in [5.41, 5.74) is 2.12. The van der Waals surface area contributed by atoms with Crippen molar-refractivity contribution in [2.75, 3.05) is 6.54 Å². The first-order valence-electron chi connectivity index (χ1n) is 9.46. The van der Waals surface area contributed by atoms with Gasteiger partial charge in [0.15, 0.2) is 5.65 Å². The zero-order chi connectivity index (χ0) is 18.8. The number of aryl methyl sites for hydroxylation is 2.